The normalized spacial score (nSPS) is 15.3. The molecule has 28 heavy (non-hydrogen) atoms. The Balaban J connectivity index is 1.61. The van der Waals surface area contributed by atoms with E-state index < -0.39 is 0 Å². The van der Waals surface area contributed by atoms with Gasteiger partial charge in [0.25, 0.3) is 11.8 Å². The highest BCUT2D eigenvalue weighted by atomic mass is 16.5. The second-order valence-electron chi connectivity index (χ2n) is 7.02. The number of imidazole rings is 1. The average molecular weight is 378 g/mol. The van der Waals surface area contributed by atoms with Crippen LogP contribution in [0.1, 0.15) is 42.5 Å². The molecule has 7 nitrogen and oxygen atoms in total. The number of anilines is 1. The quantitative estimate of drug-likeness (QED) is 0.634. The Morgan fingerprint density at radius 1 is 1.29 bits per heavy atom. The van der Waals surface area contributed by atoms with E-state index in [0.29, 0.717) is 17.0 Å². The van der Waals surface area contributed by atoms with E-state index in [4.69, 9.17) is 4.74 Å². The molecule has 0 saturated carbocycles. The predicted octanol–water partition coefficient (Wildman–Crippen LogP) is 3.41. The van der Waals surface area contributed by atoms with Gasteiger partial charge in [-0.3, -0.25) is 9.59 Å². The van der Waals surface area contributed by atoms with Gasteiger partial charge in [0.1, 0.15) is 11.6 Å². The Morgan fingerprint density at radius 2 is 2.11 bits per heavy atom. The summed E-state index contributed by atoms with van der Waals surface area (Å²) in [6.45, 7) is 4.15. The van der Waals surface area contributed by atoms with Crippen LogP contribution in [-0.4, -0.2) is 28.4 Å². The van der Waals surface area contributed by atoms with Gasteiger partial charge >= 0.3 is 0 Å². The Bertz CT molecular complexity index is 1010. The molecule has 0 bridgehead atoms. The molecule has 0 spiro atoms. The van der Waals surface area contributed by atoms with Crippen LogP contribution in [0.3, 0.4) is 0 Å². The third-order valence-corrected chi connectivity index (χ3v) is 5.08. The molecule has 4 rings (SSSR count). The molecule has 144 valence electrons. The Labute approximate surface area is 162 Å². The van der Waals surface area contributed by atoms with Gasteiger partial charge in [-0.25, -0.2) is 4.98 Å². The van der Waals surface area contributed by atoms with Gasteiger partial charge in [-0.2, -0.15) is 0 Å². The molecule has 0 fully saturated rings. The molecule has 2 aromatic carbocycles. The molecule has 2 unspecified atom stereocenters. The van der Waals surface area contributed by atoms with Crippen LogP contribution in [0.4, 0.5) is 5.69 Å². The number of hydrogen-bond acceptors (Lipinski definition) is 4. The number of nitrogens with zero attached hydrogens (tertiary/aromatic N) is 1. The standard InChI is InChI=1S/C21H22N4O3/c1-3-12(2)19(20-23-14-6-4-5-7-15(14)24-20)25-21(27)13-8-9-17-16(10-13)22-18(26)11-28-17/h4-10,12,19H,3,11H2,1-2H3,(H,22,26)(H,23,24)(H,25,27). The maximum absolute atomic E-state index is 12.9. The van der Waals surface area contributed by atoms with Crippen molar-refractivity contribution in [3.05, 3.63) is 53.9 Å². The SMILES string of the molecule is CCC(C)C(NC(=O)c1ccc2c(c1)NC(=O)CO2)c1nc2ccccc2[nH]1. The van der Waals surface area contributed by atoms with Gasteiger partial charge in [-0.05, 0) is 36.2 Å². The fourth-order valence-electron chi connectivity index (χ4n) is 3.28. The van der Waals surface area contributed by atoms with Crippen LogP contribution in [0.15, 0.2) is 42.5 Å². The smallest absolute Gasteiger partial charge is 0.262 e. The lowest BCUT2D eigenvalue weighted by Gasteiger charge is -2.23. The third-order valence-electron chi connectivity index (χ3n) is 5.08. The van der Waals surface area contributed by atoms with Crippen molar-refractivity contribution in [2.24, 2.45) is 5.92 Å². The van der Waals surface area contributed by atoms with E-state index in [9.17, 15) is 9.59 Å². The first-order chi connectivity index (χ1) is 13.5. The van der Waals surface area contributed by atoms with Gasteiger partial charge in [0, 0.05) is 5.56 Å². The fourth-order valence-corrected chi connectivity index (χ4v) is 3.28. The number of ether oxygens (including phenoxy) is 1. The number of carbonyl (C=O) groups is 2. The summed E-state index contributed by atoms with van der Waals surface area (Å²) in [7, 11) is 0. The molecule has 2 amide bonds. The Morgan fingerprint density at radius 3 is 2.89 bits per heavy atom. The summed E-state index contributed by atoms with van der Waals surface area (Å²) in [6, 6.07) is 12.6. The number of H-pyrrole nitrogens is 1. The van der Waals surface area contributed by atoms with Crippen LogP contribution in [0.25, 0.3) is 11.0 Å². The number of nitrogens with one attached hydrogen (secondary N) is 3. The van der Waals surface area contributed by atoms with Crippen LogP contribution < -0.4 is 15.4 Å². The zero-order chi connectivity index (χ0) is 19.7. The summed E-state index contributed by atoms with van der Waals surface area (Å²) in [6.07, 6.45) is 0.885. The lowest BCUT2D eigenvalue weighted by Crippen LogP contribution is -2.33. The summed E-state index contributed by atoms with van der Waals surface area (Å²) < 4.78 is 5.35. The summed E-state index contributed by atoms with van der Waals surface area (Å²) in [5, 5.41) is 5.82. The summed E-state index contributed by atoms with van der Waals surface area (Å²) in [5.74, 6) is 1.02. The zero-order valence-electron chi connectivity index (χ0n) is 15.8. The van der Waals surface area contributed by atoms with Crippen molar-refractivity contribution >= 4 is 28.5 Å². The van der Waals surface area contributed by atoms with Crippen molar-refractivity contribution in [3.8, 4) is 5.75 Å². The second-order valence-corrected chi connectivity index (χ2v) is 7.02. The zero-order valence-corrected chi connectivity index (χ0v) is 15.8. The van der Waals surface area contributed by atoms with Crippen molar-refractivity contribution in [2.45, 2.75) is 26.3 Å². The van der Waals surface area contributed by atoms with Gasteiger partial charge in [0.2, 0.25) is 0 Å². The lowest BCUT2D eigenvalue weighted by atomic mass is 9.98. The average Bonchev–Trinajstić information content (AvgIpc) is 3.14. The Hall–Kier alpha value is -3.35. The molecule has 1 aromatic heterocycles. The van der Waals surface area contributed by atoms with Crippen molar-refractivity contribution in [1.29, 1.82) is 0 Å². The number of aromatic nitrogens is 2. The van der Waals surface area contributed by atoms with E-state index in [1.807, 2.05) is 24.3 Å². The molecule has 0 saturated heterocycles. The van der Waals surface area contributed by atoms with Gasteiger partial charge in [-0.15, -0.1) is 0 Å². The summed E-state index contributed by atoms with van der Waals surface area (Å²) >= 11 is 0. The van der Waals surface area contributed by atoms with Gasteiger partial charge in [0.05, 0.1) is 22.8 Å². The molecule has 7 heteroatoms. The minimum absolute atomic E-state index is 0.0132. The molecule has 1 aliphatic rings. The first-order valence-corrected chi connectivity index (χ1v) is 9.37. The maximum atomic E-state index is 12.9. The number of aromatic amines is 1. The number of rotatable bonds is 5. The minimum Gasteiger partial charge on any atom is -0.482 e. The molecule has 0 aliphatic carbocycles. The number of hydrogen-bond donors (Lipinski definition) is 3. The van der Waals surface area contributed by atoms with E-state index in [-0.39, 0.29) is 30.4 Å². The number of amides is 2. The van der Waals surface area contributed by atoms with Crippen LogP contribution in [0, 0.1) is 5.92 Å². The second kappa shape index (κ2) is 7.34. The van der Waals surface area contributed by atoms with E-state index in [1.54, 1.807) is 18.2 Å². The number of carbonyl (C=O) groups excluding carboxylic acids is 2. The van der Waals surface area contributed by atoms with E-state index in [1.165, 1.54) is 0 Å². The lowest BCUT2D eigenvalue weighted by molar-refractivity contribution is -0.118. The van der Waals surface area contributed by atoms with E-state index >= 15 is 0 Å². The van der Waals surface area contributed by atoms with Crippen LogP contribution >= 0.6 is 0 Å². The van der Waals surface area contributed by atoms with E-state index in [0.717, 1.165) is 23.3 Å². The predicted molar refractivity (Wildman–Crippen MR) is 106 cm³/mol. The van der Waals surface area contributed by atoms with Crippen LogP contribution in [0.5, 0.6) is 5.75 Å². The molecular weight excluding hydrogens is 356 g/mol. The highest BCUT2D eigenvalue weighted by Gasteiger charge is 2.25. The molecule has 1 aliphatic heterocycles. The molecule has 3 N–H and O–H groups in total. The highest BCUT2D eigenvalue weighted by Crippen LogP contribution is 2.29. The summed E-state index contributed by atoms with van der Waals surface area (Å²) in [4.78, 5) is 32.4. The van der Waals surface area contributed by atoms with Crippen LogP contribution in [-0.2, 0) is 4.79 Å². The third kappa shape index (κ3) is 3.43. The first-order valence-electron chi connectivity index (χ1n) is 9.37. The van der Waals surface area contributed by atoms with Crippen molar-refractivity contribution < 1.29 is 14.3 Å². The molecule has 0 radical (unpaired) electrons. The Kier molecular flexibility index (Phi) is 4.73. The van der Waals surface area contributed by atoms with E-state index in [2.05, 4.69) is 34.4 Å². The monoisotopic (exact) mass is 378 g/mol. The topological polar surface area (TPSA) is 96.1 Å². The van der Waals surface area contributed by atoms with Crippen molar-refractivity contribution in [3.63, 3.8) is 0 Å². The number of benzene rings is 2. The largest absolute Gasteiger partial charge is 0.482 e. The fraction of sp³-hybridized carbons (Fsp3) is 0.286. The number of para-hydroxylation sites is 2. The van der Waals surface area contributed by atoms with Gasteiger partial charge in [-0.1, -0.05) is 32.4 Å². The molecule has 2 atom stereocenters. The van der Waals surface area contributed by atoms with Crippen molar-refractivity contribution in [1.82, 2.24) is 15.3 Å². The van der Waals surface area contributed by atoms with Gasteiger partial charge < -0.3 is 20.4 Å². The minimum atomic E-state index is -0.258. The molecular formula is C21H22N4O3. The first kappa shape index (κ1) is 18.0. The summed E-state index contributed by atoms with van der Waals surface area (Å²) in [5.41, 5.74) is 2.77. The van der Waals surface area contributed by atoms with Gasteiger partial charge in [0.15, 0.2) is 6.61 Å². The van der Waals surface area contributed by atoms with Crippen LogP contribution in [0.2, 0.25) is 0 Å². The highest BCUT2D eigenvalue weighted by molar-refractivity contribution is 6.00. The maximum Gasteiger partial charge on any atom is 0.262 e. The molecule has 3 aromatic rings. The number of fused-ring (bicyclic) bond motifs is 2. The molecule has 2 heterocycles. The van der Waals surface area contributed by atoms with Crippen molar-refractivity contribution in [2.75, 3.05) is 11.9 Å².